The number of aliphatic hydroxyl groups excluding tert-OH is 1. The maximum absolute atomic E-state index is 12.9. The van der Waals surface area contributed by atoms with E-state index < -0.39 is 20.0 Å². The van der Waals surface area contributed by atoms with Gasteiger partial charge in [0.2, 0.25) is 5.91 Å². The number of nitrogens with one attached hydrogen (secondary N) is 1. The van der Waals surface area contributed by atoms with Crippen molar-refractivity contribution in [2.75, 3.05) is 40.9 Å². The number of quaternary nitrogens is 1. The number of unbranched alkanes of at least 4 members (excludes halogenated alkanes) is 32. The Hall–Kier alpha value is -1.80. The van der Waals surface area contributed by atoms with Gasteiger partial charge in [0.25, 0.3) is 0 Å². The zero-order chi connectivity index (χ0) is 50.6. The molecule has 0 saturated carbocycles. The van der Waals surface area contributed by atoms with Gasteiger partial charge in [-0.3, -0.25) is 13.8 Å². The summed E-state index contributed by atoms with van der Waals surface area (Å²) in [5.41, 5.74) is 0. The lowest BCUT2D eigenvalue weighted by molar-refractivity contribution is -0.870. The van der Waals surface area contributed by atoms with E-state index in [0.29, 0.717) is 17.4 Å². The van der Waals surface area contributed by atoms with Crippen molar-refractivity contribution in [2.24, 2.45) is 0 Å². The van der Waals surface area contributed by atoms with Crippen LogP contribution in [-0.4, -0.2) is 73.4 Å². The van der Waals surface area contributed by atoms with Crippen molar-refractivity contribution in [3.63, 3.8) is 0 Å². The van der Waals surface area contributed by atoms with Gasteiger partial charge >= 0.3 is 7.82 Å². The predicted octanol–water partition coefficient (Wildman–Crippen LogP) is 17.7. The summed E-state index contributed by atoms with van der Waals surface area (Å²) in [5.74, 6) is -0.204. The summed E-state index contributed by atoms with van der Waals surface area (Å²) >= 11 is 0. The van der Waals surface area contributed by atoms with Crippen molar-refractivity contribution in [3.8, 4) is 0 Å². The van der Waals surface area contributed by atoms with Crippen LogP contribution in [0.5, 0.6) is 0 Å². The summed E-state index contributed by atoms with van der Waals surface area (Å²) < 4.78 is 23.6. The lowest BCUT2D eigenvalue weighted by atomic mass is 10.0. The summed E-state index contributed by atoms with van der Waals surface area (Å²) in [7, 11) is 1.54. The van der Waals surface area contributed by atoms with Crippen LogP contribution in [0.2, 0.25) is 0 Å². The molecule has 0 aromatic heterocycles. The van der Waals surface area contributed by atoms with E-state index in [1.807, 2.05) is 27.2 Å². The number of aliphatic hydroxyl groups is 1. The molecule has 0 aromatic rings. The lowest BCUT2D eigenvalue weighted by Gasteiger charge is -2.25. The van der Waals surface area contributed by atoms with E-state index in [2.05, 4.69) is 67.8 Å². The minimum atomic E-state index is -4.36. The zero-order valence-corrected chi connectivity index (χ0v) is 46.9. The molecule has 0 aliphatic rings. The summed E-state index contributed by atoms with van der Waals surface area (Å²) in [6.07, 6.45) is 69.2. The van der Waals surface area contributed by atoms with Gasteiger partial charge in [0.05, 0.1) is 39.9 Å². The Morgan fingerprint density at radius 2 is 0.884 bits per heavy atom. The Morgan fingerprint density at radius 3 is 1.33 bits per heavy atom. The Kier molecular flexibility index (Phi) is 49.8. The highest BCUT2D eigenvalue weighted by Crippen LogP contribution is 2.43. The lowest BCUT2D eigenvalue weighted by Crippen LogP contribution is -2.45. The van der Waals surface area contributed by atoms with Gasteiger partial charge in [-0.1, -0.05) is 254 Å². The number of rotatable bonds is 53. The van der Waals surface area contributed by atoms with Gasteiger partial charge in [-0.05, 0) is 64.2 Å². The molecular formula is C60H114N2O6P+. The van der Waals surface area contributed by atoms with Crippen molar-refractivity contribution in [2.45, 2.75) is 276 Å². The molecule has 9 heteroatoms. The van der Waals surface area contributed by atoms with Gasteiger partial charge in [-0.25, -0.2) is 4.57 Å². The quantitative estimate of drug-likeness (QED) is 0.0243. The maximum atomic E-state index is 12.9. The Balaban J connectivity index is 4.14. The molecule has 0 bridgehead atoms. The van der Waals surface area contributed by atoms with Crippen LogP contribution in [0.25, 0.3) is 0 Å². The van der Waals surface area contributed by atoms with E-state index >= 15 is 0 Å². The van der Waals surface area contributed by atoms with Crippen LogP contribution in [0.15, 0.2) is 60.8 Å². The van der Waals surface area contributed by atoms with Crippen LogP contribution in [0.4, 0.5) is 0 Å². The number of allylic oxidation sites excluding steroid dienone is 9. The molecule has 69 heavy (non-hydrogen) atoms. The topological polar surface area (TPSA) is 105 Å². The maximum Gasteiger partial charge on any atom is 0.472 e. The predicted molar refractivity (Wildman–Crippen MR) is 300 cm³/mol. The molecule has 0 aromatic carbocycles. The molecule has 0 aliphatic heterocycles. The number of phosphoric ester groups is 1. The van der Waals surface area contributed by atoms with Crippen LogP contribution in [0.3, 0.4) is 0 Å². The number of phosphoric acid groups is 1. The highest BCUT2D eigenvalue weighted by atomic mass is 31.2. The van der Waals surface area contributed by atoms with Gasteiger partial charge in [0, 0.05) is 6.42 Å². The highest BCUT2D eigenvalue weighted by Gasteiger charge is 2.27. The molecule has 0 fully saturated rings. The van der Waals surface area contributed by atoms with Crippen LogP contribution in [-0.2, 0) is 18.4 Å². The van der Waals surface area contributed by atoms with Crippen molar-refractivity contribution >= 4 is 13.7 Å². The van der Waals surface area contributed by atoms with E-state index in [0.717, 1.165) is 77.0 Å². The Morgan fingerprint density at radius 1 is 0.507 bits per heavy atom. The van der Waals surface area contributed by atoms with Crippen molar-refractivity contribution in [1.82, 2.24) is 5.32 Å². The number of nitrogens with zero attached hydrogens (tertiary/aromatic N) is 1. The van der Waals surface area contributed by atoms with Crippen molar-refractivity contribution in [3.05, 3.63) is 60.8 Å². The van der Waals surface area contributed by atoms with E-state index in [1.165, 1.54) is 167 Å². The smallest absolute Gasteiger partial charge is 0.387 e. The molecule has 0 radical (unpaired) electrons. The first-order valence-corrected chi connectivity index (χ1v) is 30.7. The van der Waals surface area contributed by atoms with E-state index in [-0.39, 0.29) is 19.1 Å². The Labute approximate surface area is 428 Å². The number of likely N-dealkylation sites (N-methyl/N-ethyl adjacent to an activating group) is 1. The zero-order valence-electron chi connectivity index (χ0n) is 46.0. The average molecular weight is 991 g/mol. The molecule has 404 valence electrons. The van der Waals surface area contributed by atoms with Crippen LogP contribution in [0, 0.1) is 0 Å². The monoisotopic (exact) mass is 990 g/mol. The van der Waals surface area contributed by atoms with Crippen LogP contribution >= 0.6 is 7.82 Å². The molecule has 0 heterocycles. The Bertz CT molecular complexity index is 1310. The first-order chi connectivity index (χ1) is 33.5. The molecule has 0 rings (SSSR count). The van der Waals surface area contributed by atoms with E-state index in [9.17, 15) is 19.4 Å². The first-order valence-electron chi connectivity index (χ1n) is 29.2. The second-order valence-corrected chi connectivity index (χ2v) is 22.4. The molecule has 3 N–H and O–H groups in total. The normalized spacial score (nSPS) is 14.4. The van der Waals surface area contributed by atoms with Crippen molar-refractivity contribution in [1.29, 1.82) is 0 Å². The highest BCUT2D eigenvalue weighted by molar-refractivity contribution is 7.47. The molecule has 0 aliphatic carbocycles. The molecule has 0 spiro atoms. The molecule has 1 amide bonds. The first kappa shape index (κ1) is 67.2. The third-order valence-corrected chi connectivity index (χ3v) is 14.0. The fraction of sp³-hybridized carbons (Fsp3) is 0.817. The summed E-state index contributed by atoms with van der Waals surface area (Å²) in [5, 5.41) is 13.9. The van der Waals surface area contributed by atoms with Gasteiger partial charge in [0.1, 0.15) is 13.2 Å². The van der Waals surface area contributed by atoms with E-state index in [4.69, 9.17) is 9.05 Å². The average Bonchev–Trinajstić information content (AvgIpc) is 3.31. The van der Waals surface area contributed by atoms with Crippen LogP contribution in [0.1, 0.15) is 264 Å². The van der Waals surface area contributed by atoms with E-state index in [1.54, 1.807) is 6.08 Å². The number of carbonyl (C=O) groups excluding carboxylic acids is 1. The molecular weight excluding hydrogens is 876 g/mol. The number of carbonyl (C=O) groups is 1. The fourth-order valence-electron chi connectivity index (χ4n) is 8.43. The third-order valence-electron chi connectivity index (χ3n) is 13.0. The second kappa shape index (κ2) is 51.1. The summed E-state index contributed by atoms with van der Waals surface area (Å²) in [4.78, 5) is 23.2. The molecule has 0 saturated heterocycles. The van der Waals surface area contributed by atoms with Gasteiger partial charge in [0.15, 0.2) is 0 Å². The standard InChI is InChI=1S/C60H113N2O6P/c1-6-8-10-12-14-16-18-20-22-23-24-25-26-27-28-29-30-31-32-33-34-35-36-37-38-40-41-43-45-47-49-51-53-59(63)58(57-68-69(65,66)67-56-55-62(3,4)5)61-60(64)54-52-50-48-46-44-42-39-21-19-17-15-13-11-9-7-2/h9,11,15,17,21,39,43,45,51,53,58-59,63H,6-8,10,12-14,16,18-20,22-38,40-42,44,46-50,52,54-57H2,1-5H3,(H-,61,64,65,66)/p+1/b11-9-,17-15-,39-21-,45-43+,53-51+. The van der Waals surface area contributed by atoms with Gasteiger partial charge in [-0.15, -0.1) is 0 Å². The van der Waals surface area contributed by atoms with Crippen molar-refractivity contribution < 1.29 is 32.9 Å². The molecule has 8 nitrogen and oxygen atoms in total. The fourth-order valence-corrected chi connectivity index (χ4v) is 9.16. The molecule has 3 unspecified atom stereocenters. The largest absolute Gasteiger partial charge is 0.472 e. The van der Waals surface area contributed by atoms with Gasteiger partial charge in [-0.2, -0.15) is 0 Å². The van der Waals surface area contributed by atoms with Gasteiger partial charge < -0.3 is 19.8 Å². The third kappa shape index (κ3) is 53.8. The SMILES string of the molecule is CC/C=C\C/C=C\C/C=C\CCCCCCCC(=O)NC(COP(=O)(O)OCC[N+](C)(C)C)C(O)/C=C/CC/C=C/CCCCCCCCCCCCCCCCCCCCCCCCCCCC. The minimum Gasteiger partial charge on any atom is -0.387 e. The second-order valence-electron chi connectivity index (χ2n) is 21.0. The number of hydrogen-bond acceptors (Lipinski definition) is 5. The summed E-state index contributed by atoms with van der Waals surface area (Å²) in [6, 6.07) is -0.875. The minimum absolute atomic E-state index is 0.0504. The molecule has 3 atom stereocenters. The summed E-state index contributed by atoms with van der Waals surface area (Å²) in [6.45, 7) is 4.68. The number of amides is 1. The van der Waals surface area contributed by atoms with Crippen LogP contribution < -0.4 is 5.32 Å². The number of hydrogen-bond donors (Lipinski definition) is 3.